The number of hydrogen-bond donors (Lipinski definition) is 1. The fourth-order valence-electron chi connectivity index (χ4n) is 3.21. The molecule has 3 heterocycles. The van der Waals surface area contributed by atoms with Crippen molar-refractivity contribution in [2.75, 3.05) is 5.32 Å². The van der Waals surface area contributed by atoms with Crippen LogP contribution in [0.1, 0.15) is 11.3 Å². The second-order valence-electron chi connectivity index (χ2n) is 6.84. The second-order valence-corrected chi connectivity index (χ2v) is 8.08. The van der Waals surface area contributed by atoms with E-state index < -0.39 is 0 Å². The zero-order chi connectivity index (χ0) is 21.2. The summed E-state index contributed by atoms with van der Waals surface area (Å²) in [5.41, 5.74) is 3.81. The summed E-state index contributed by atoms with van der Waals surface area (Å²) in [6.07, 6.45) is 5.02. The van der Waals surface area contributed by atoms with Gasteiger partial charge in [-0.15, -0.1) is 16.4 Å². The SMILES string of the molecule is Bc1cnc(NC(=O)/C(=C/c2ccco2)c2ccc(-n3nnc4ccccc43)cc2)s1. The van der Waals surface area contributed by atoms with Crippen molar-refractivity contribution in [2.24, 2.45) is 0 Å². The molecule has 0 atom stereocenters. The van der Waals surface area contributed by atoms with Crippen LogP contribution in [0.5, 0.6) is 0 Å². The van der Waals surface area contributed by atoms with E-state index in [4.69, 9.17) is 4.42 Å². The molecule has 0 aliphatic rings. The second kappa shape index (κ2) is 8.04. The molecule has 0 radical (unpaired) electrons. The number of amides is 1. The van der Waals surface area contributed by atoms with Gasteiger partial charge in [0.2, 0.25) is 0 Å². The monoisotopic (exact) mass is 425 g/mol. The lowest BCUT2D eigenvalue weighted by molar-refractivity contribution is -0.111. The van der Waals surface area contributed by atoms with E-state index in [2.05, 4.69) is 20.6 Å². The molecule has 2 aromatic carbocycles. The molecule has 0 saturated heterocycles. The van der Waals surface area contributed by atoms with Crippen molar-refractivity contribution in [2.45, 2.75) is 0 Å². The summed E-state index contributed by atoms with van der Waals surface area (Å²) < 4.78 is 8.22. The summed E-state index contributed by atoms with van der Waals surface area (Å²) in [6.45, 7) is 0. The summed E-state index contributed by atoms with van der Waals surface area (Å²) >= 11 is 1.43. The fourth-order valence-corrected chi connectivity index (χ4v) is 3.87. The van der Waals surface area contributed by atoms with Crippen molar-refractivity contribution in [1.29, 1.82) is 0 Å². The molecule has 3 aromatic heterocycles. The van der Waals surface area contributed by atoms with Crippen LogP contribution >= 0.6 is 11.3 Å². The molecule has 0 saturated carbocycles. The zero-order valence-electron chi connectivity index (χ0n) is 16.5. The molecule has 9 heteroatoms. The quantitative estimate of drug-likeness (QED) is 0.346. The maximum atomic E-state index is 13.1. The predicted molar refractivity (Wildman–Crippen MR) is 124 cm³/mol. The summed E-state index contributed by atoms with van der Waals surface area (Å²) in [7, 11) is 1.94. The van der Waals surface area contributed by atoms with Gasteiger partial charge in [0, 0.05) is 6.20 Å². The number of nitrogens with zero attached hydrogens (tertiary/aromatic N) is 4. The van der Waals surface area contributed by atoms with Gasteiger partial charge in [-0.1, -0.05) is 29.5 Å². The lowest BCUT2D eigenvalue weighted by atomic mass is 10.0. The molecule has 1 amide bonds. The lowest BCUT2D eigenvalue weighted by Crippen LogP contribution is -2.13. The van der Waals surface area contributed by atoms with Crippen LogP contribution in [0.3, 0.4) is 0 Å². The number of carbonyl (C=O) groups excluding carboxylic acids is 1. The third-order valence-corrected chi connectivity index (χ3v) is 5.52. The number of carbonyl (C=O) groups is 1. The number of hydrogen-bond acceptors (Lipinski definition) is 6. The largest absolute Gasteiger partial charge is 0.465 e. The number of thiazole rings is 1. The lowest BCUT2D eigenvalue weighted by Gasteiger charge is -2.09. The van der Waals surface area contributed by atoms with Crippen LogP contribution in [0, 0.1) is 0 Å². The van der Waals surface area contributed by atoms with E-state index in [0.717, 1.165) is 27.1 Å². The van der Waals surface area contributed by atoms with Crippen LogP contribution in [-0.4, -0.2) is 33.7 Å². The molecule has 0 aliphatic carbocycles. The van der Waals surface area contributed by atoms with E-state index in [1.165, 1.54) is 11.3 Å². The molecule has 31 heavy (non-hydrogen) atoms. The minimum Gasteiger partial charge on any atom is -0.465 e. The molecule has 0 bridgehead atoms. The molecular weight excluding hydrogens is 409 g/mol. The molecule has 1 N–H and O–H groups in total. The van der Waals surface area contributed by atoms with Gasteiger partial charge in [-0.2, -0.15) is 0 Å². The van der Waals surface area contributed by atoms with Crippen molar-refractivity contribution in [3.8, 4) is 5.69 Å². The molecule has 0 unspecified atom stereocenters. The Morgan fingerprint density at radius 3 is 2.68 bits per heavy atom. The highest BCUT2D eigenvalue weighted by Gasteiger charge is 2.16. The summed E-state index contributed by atoms with van der Waals surface area (Å²) in [6, 6.07) is 18.9. The van der Waals surface area contributed by atoms with Crippen LogP contribution in [-0.2, 0) is 4.79 Å². The van der Waals surface area contributed by atoms with Crippen molar-refractivity contribution in [3.63, 3.8) is 0 Å². The molecule has 5 rings (SSSR count). The molecule has 7 nitrogen and oxygen atoms in total. The number of para-hydroxylation sites is 1. The Bertz CT molecular complexity index is 1390. The van der Waals surface area contributed by atoms with Gasteiger partial charge in [0.05, 0.1) is 23.0 Å². The predicted octanol–water partition coefficient (Wildman–Crippen LogP) is 2.91. The van der Waals surface area contributed by atoms with Crippen LogP contribution in [0.25, 0.3) is 28.4 Å². The van der Waals surface area contributed by atoms with Gasteiger partial charge in [-0.05, 0) is 52.8 Å². The minimum atomic E-state index is -0.260. The van der Waals surface area contributed by atoms with E-state index in [-0.39, 0.29) is 5.91 Å². The Hall–Kier alpha value is -3.98. The molecule has 5 aromatic rings. The van der Waals surface area contributed by atoms with E-state index >= 15 is 0 Å². The fraction of sp³-hybridized carbons (Fsp3) is 0. The topological polar surface area (TPSA) is 85.8 Å². The van der Waals surface area contributed by atoms with Crippen molar-refractivity contribution >= 4 is 57.7 Å². The summed E-state index contributed by atoms with van der Waals surface area (Å²) in [5.74, 6) is 0.330. The Morgan fingerprint density at radius 2 is 1.94 bits per heavy atom. The van der Waals surface area contributed by atoms with Gasteiger partial charge in [0.1, 0.15) is 11.3 Å². The van der Waals surface area contributed by atoms with Crippen molar-refractivity contribution < 1.29 is 9.21 Å². The number of benzene rings is 2. The Balaban J connectivity index is 1.49. The smallest absolute Gasteiger partial charge is 0.258 e. The number of rotatable bonds is 5. The van der Waals surface area contributed by atoms with Gasteiger partial charge in [0.15, 0.2) is 13.0 Å². The van der Waals surface area contributed by atoms with Crippen LogP contribution in [0.4, 0.5) is 5.13 Å². The first kappa shape index (κ1) is 19.0. The normalized spacial score (nSPS) is 11.7. The molecule has 0 aliphatic heterocycles. The highest BCUT2D eigenvalue weighted by molar-refractivity contribution is 7.23. The third kappa shape index (κ3) is 3.90. The van der Waals surface area contributed by atoms with Gasteiger partial charge < -0.3 is 4.42 Å². The van der Waals surface area contributed by atoms with E-state index in [1.54, 1.807) is 35.4 Å². The standard InChI is InChI=1S/C22H16BN5O2S/c23-20-13-24-22(31-20)25-21(29)17(12-16-4-3-11-30-16)14-7-9-15(10-8-14)28-19-6-2-1-5-18(19)26-27-28/h1-13H,23H2,(H,24,25,29)/b17-12+. The highest BCUT2D eigenvalue weighted by Crippen LogP contribution is 2.24. The first-order valence-electron chi connectivity index (χ1n) is 9.57. The number of nitrogens with one attached hydrogen (secondary N) is 1. The van der Waals surface area contributed by atoms with Crippen LogP contribution in [0.2, 0.25) is 0 Å². The molecule has 150 valence electrons. The number of anilines is 1. The Morgan fingerprint density at radius 1 is 1.10 bits per heavy atom. The summed E-state index contributed by atoms with van der Waals surface area (Å²) in [4.78, 5) is 17.3. The molecule has 0 fully saturated rings. The number of furan rings is 1. The van der Waals surface area contributed by atoms with Crippen molar-refractivity contribution in [1.82, 2.24) is 20.0 Å². The molecular formula is C22H16BN5O2S. The van der Waals surface area contributed by atoms with E-state index in [9.17, 15) is 4.79 Å². The average Bonchev–Trinajstić information content (AvgIpc) is 3.53. The first-order valence-corrected chi connectivity index (χ1v) is 10.4. The molecule has 0 spiro atoms. The van der Waals surface area contributed by atoms with Gasteiger partial charge in [0.25, 0.3) is 5.91 Å². The maximum absolute atomic E-state index is 13.1. The number of fused-ring (bicyclic) bond motifs is 1. The Labute approximate surface area is 182 Å². The summed E-state index contributed by atoms with van der Waals surface area (Å²) in [5, 5.41) is 11.9. The average molecular weight is 425 g/mol. The zero-order valence-corrected chi connectivity index (χ0v) is 17.3. The van der Waals surface area contributed by atoms with Crippen molar-refractivity contribution in [3.05, 3.63) is 84.4 Å². The van der Waals surface area contributed by atoms with E-state index in [1.807, 2.05) is 56.4 Å². The van der Waals surface area contributed by atoms with Gasteiger partial charge >= 0.3 is 0 Å². The van der Waals surface area contributed by atoms with Gasteiger partial charge in [-0.3, -0.25) is 10.1 Å². The van der Waals surface area contributed by atoms with Crippen LogP contribution in [0.15, 0.2) is 77.5 Å². The first-order chi connectivity index (χ1) is 15.2. The minimum absolute atomic E-state index is 0.260. The van der Waals surface area contributed by atoms with Gasteiger partial charge in [-0.25, -0.2) is 9.67 Å². The highest BCUT2D eigenvalue weighted by atomic mass is 32.1. The Kier molecular flexibility index (Phi) is 4.93. The maximum Gasteiger partial charge on any atom is 0.258 e. The van der Waals surface area contributed by atoms with E-state index in [0.29, 0.717) is 16.5 Å². The van der Waals surface area contributed by atoms with Crippen LogP contribution < -0.4 is 10.1 Å². The number of aromatic nitrogens is 4. The third-order valence-electron chi connectivity index (χ3n) is 4.69.